The fourth-order valence-electron chi connectivity index (χ4n) is 2.31. The number of carbonyl (C=O) groups is 1. The summed E-state index contributed by atoms with van der Waals surface area (Å²) in [6, 6.07) is 5.31. The van der Waals surface area contributed by atoms with Gasteiger partial charge in [-0.3, -0.25) is 9.69 Å². The Morgan fingerprint density at radius 3 is 2.95 bits per heavy atom. The van der Waals surface area contributed by atoms with Crippen molar-refractivity contribution in [1.29, 1.82) is 5.26 Å². The molecule has 1 aromatic carbocycles. The summed E-state index contributed by atoms with van der Waals surface area (Å²) in [4.78, 5) is 14.0. The van der Waals surface area contributed by atoms with Crippen LogP contribution in [0, 0.1) is 11.3 Å². The van der Waals surface area contributed by atoms with Crippen molar-refractivity contribution < 1.29 is 9.90 Å². The number of aryl methyl sites for hydroxylation is 1. The predicted octanol–water partition coefficient (Wildman–Crippen LogP) is 2.34. The maximum absolute atomic E-state index is 12.0. The maximum atomic E-state index is 12.0. The topological polar surface area (TPSA) is 76.4 Å². The number of amides is 1. The molecule has 2 rings (SSSR count). The highest BCUT2D eigenvalue weighted by molar-refractivity contribution is 7.80. The number of fused-ring (bicyclic) bond motifs is 1. The van der Waals surface area contributed by atoms with Crippen LogP contribution >= 0.6 is 12.2 Å². The van der Waals surface area contributed by atoms with Crippen LogP contribution < -0.4 is 10.2 Å². The van der Waals surface area contributed by atoms with Crippen molar-refractivity contribution in [3.63, 3.8) is 0 Å². The summed E-state index contributed by atoms with van der Waals surface area (Å²) in [5, 5.41) is 21.8. The van der Waals surface area contributed by atoms with Crippen molar-refractivity contribution in [3.05, 3.63) is 17.7 Å². The van der Waals surface area contributed by atoms with Crippen molar-refractivity contribution in [2.75, 3.05) is 16.8 Å². The molecule has 0 spiro atoms. The molecule has 0 bridgehead atoms. The number of anilines is 2. The number of nitrogens with zero attached hydrogens (tertiary/aromatic N) is 2. The Morgan fingerprint density at radius 2 is 2.30 bits per heavy atom. The van der Waals surface area contributed by atoms with E-state index in [0.717, 1.165) is 18.4 Å². The zero-order valence-electron chi connectivity index (χ0n) is 11.1. The number of hydrogen-bond acceptors (Lipinski definition) is 4. The Bertz CT molecular complexity index is 607. The van der Waals surface area contributed by atoms with Crippen molar-refractivity contribution in [2.24, 2.45) is 0 Å². The van der Waals surface area contributed by atoms with Crippen LogP contribution in [0.5, 0.6) is 5.75 Å². The third kappa shape index (κ3) is 2.89. The lowest BCUT2D eigenvalue weighted by Crippen LogP contribution is -2.30. The first kappa shape index (κ1) is 14.3. The molecule has 0 aliphatic carbocycles. The fraction of sp³-hybridized carbons (Fsp3) is 0.357. The van der Waals surface area contributed by atoms with Crippen molar-refractivity contribution >= 4 is 34.5 Å². The SMILES string of the molecule is CC(=S)Nc1cc2c(cc1O)N(CC#N)C(=O)CCC2. The van der Waals surface area contributed by atoms with E-state index in [0.29, 0.717) is 22.8 Å². The van der Waals surface area contributed by atoms with E-state index in [4.69, 9.17) is 17.5 Å². The molecular weight excluding hydrogens is 274 g/mol. The van der Waals surface area contributed by atoms with E-state index in [1.54, 1.807) is 13.0 Å². The van der Waals surface area contributed by atoms with Gasteiger partial charge in [0.15, 0.2) is 0 Å². The van der Waals surface area contributed by atoms with Crippen molar-refractivity contribution in [1.82, 2.24) is 0 Å². The van der Waals surface area contributed by atoms with Gasteiger partial charge in [0, 0.05) is 12.5 Å². The second kappa shape index (κ2) is 5.88. The molecule has 0 unspecified atom stereocenters. The van der Waals surface area contributed by atoms with Crippen LogP contribution in [0.2, 0.25) is 0 Å². The highest BCUT2D eigenvalue weighted by Crippen LogP contribution is 2.35. The molecule has 5 nitrogen and oxygen atoms in total. The minimum absolute atomic E-state index is 0.00968. The summed E-state index contributed by atoms with van der Waals surface area (Å²) in [5.41, 5.74) is 2.07. The van der Waals surface area contributed by atoms with Gasteiger partial charge in [0.2, 0.25) is 5.91 Å². The smallest absolute Gasteiger partial charge is 0.227 e. The Morgan fingerprint density at radius 1 is 1.55 bits per heavy atom. The predicted molar refractivity (Wildman–Crippen MR) is 80.9 cm³/mol. The number of phenolic OH excluding ortho intramolecular Hbond substituents is 1. The molecule has 20 heavy (non-hydrogen) atoms. The molecule has 0 radical (unpaired) electrons. The molecule has 0 atom stereocenters. The molecule has 1 heterocycles. The van der Waals surface area contributed by atoms with Gasteiger partial charge in [0.05, 0.1) is 22.4 Å². The molecule has 1 aliphatic heterocycles. The third-order valence-corrected chi connectivity index (χ3v) is 3.27. The first-order valence-corrected chi connectivity index (χ1v) is 6.74. The van der Waals surface area contributed by atoms with Crippen LogP contribution in [-0.4, -0.2) is 22.5 Å². The molecule has 104 valence electrons. The lowest BCUT2D eigenvalue weighted by molar-refractivity contribution is -0.118. The van der Waals surface area contributed by atoms with E-state index in [9.17, 15) is 9.90 Å². The van der Waals surface area contributed by atoms with Crippen LogP contribution in [0.15, 0.2) is 12.1 Å². The molecule has 1 amide bonds. The Hall–Kier alpha value is -2.13. The van der Waals surface area contributed by atoms with Gasteiger partial charge in [-0.05, 0) is 31.4 Å². The van der Waals surface area contributed by atoms with Gasteiger partial charge in [-0.2, -0.15) is 5.26 Å². The number of phenols is 1. The summed E-state index contributed by atoms with van der Waals surface area (Å²) in [5.74, 6) is -0.0676. The Kier molecular flexibility index (Phi) is 4.20. The molecule has 0 fully saturated rings. The van der Waals surface area contributed by atoms with Gasteiger partial charge in [-0.1, -0.05) is 12.2 Å². The van der Waals surface area contributed by atoms with Gasteiger partial charge in [-0.25, -0.2) is 0 Å². The summed E-state index contributed by atoms with van der Waals surface area (Å²) in [6.45, 7) is 1.72. The monoisotopic (exact) mass is 289 g/mol. The fourth-order valence-corrected chi connectivity index (χ4v) is 2.42. The van der Waals surface area contributed by atoms with E-state index in [1.807, 2.05) is 6.07 Å². The van der Waals surface area contributed by atoms with Crippen molar-refractivity contribution in [2.45, 2.75) is 26.2 Å². The molecule has 1 aliphatic rings. The number of nitriles is 1. The normalized spacial score (nSPS) is 14.2. The molecule has 0 saturated carbocycles. The van der Waals surface area contributed by atoms with E-state index in [-0.39, 0.29) is 18.2 Å². The number of thiocarbonyl (C=S) groups is 1. The average molecular weight is 289 g/mol. The zero-order chi connectivity index (χ0) is 14.7. The quantitative estimate of drug-likeness (QED) is 0.496. The lowest BCUT2D eigenvalue weighted by atomic mass is 10.1. The minimum atomic E-state index is -0.0866. The zero-order valence-corrected chi connectivity index (χ0v) is 12.0. The van der Waals surface area contributed by atoms with Gasteiger partial charge < -0.3 is 10.4 Å². The Balaban J connectivity index is 2.48. The molecule has 1 aromatic rings. The number of carbonyl (C=O) groups excluding carboxylic acids is 1. The third-order valence-electron chi connectivity index (χ3n) is 3.17. The summed E-state index contributed by atoms with van der Waals surface area (Å²) in [6.07, 6.45) is 1.87. The maximum Gasteiger partial charge on any atom is 0.227 e. The first-order chi connectivity index (χ1) is 9.52. The number of hydrogen-bond donors (Lipinski definition) is 2. The molecular formula is C14H15N3O2S. The van der Waals surface area contributed by atoms with E-state index >= 15 is 0 Å². The highest BCUT2D eigenvalue weighted by atomic mass is 32.1. The summed E-state index contributed by atoms with van der Waals surface area (Å²) in [7, 11) is 0. The van der Waals surface area contributed by atoms with Crippen LogP contribution in [0.4, 0.5) is 11.4 Å². The molecule has 2 N–H and O–H groups in total. The number of benzene rings is 1. The highest BCUT2D eigenvalue weighted by Gasteiger charge is 2.23. The number of nitrogens with one attached hydrogen (secondary N) is 1. The molecule has 0 saturated heterocycles. The Labute approximate surface area is 122 Å². The lowest BCUT2D eigenvalue weighted by Gasteiger charge is -2.21. The van der Waals surface area contributed by atoms with Crippen LogP contribution in [0.1, 0.15) is 25.3 Å². The van der Waals surface area contributed by atoms with E-state index < -0.39 is 0 Å². The van der Waals surface area contributed by atoms with E-state index in [2.05, 4.69) is 5.32 Å². The van der Waals surface area contributed by atoms with E-state index in [1.165, 1.54) is 11.0 Å². The summed E-state index contributed by atoms with van der Waals surface area (Å²) < 4.78 is 0. The van der Waals surface area contributed by atoms with Crippen LogP contribution in [0.25, 0.3) is 0 Å². The number of rotatable bonds is 2. The second-order valence-electron chi connectivity index (χ2n) is 4.67. The van der Waals surface area contributed by atoms with Crippen LogP contribution in [-0.2, 0) is 11.2 Å². The standard InChI is InChI=1S/C14H15N3O2S/c1-9(20)16-11-7-10-3-2-4-14(19)17(6-5-15)12(10)8-13(11)18/h7-8,18H,2-4,6H2,1H3,(H,16,20). The molecule has 6 heteroatoms. The van der Waals surface area contributed by atoms with Gasteiger partial charge in [-0.15, -0.1) is 0 Å². The first-order valence-electron chi connectivity index (χ1n) is 6.33. The average Bonchev–Trinajstić information content (AvgIpc) is 2.51. The van der Waals surface area contributed by atoms with Gasteiger partial charge >= 0.3 is 0 Å². The summed E-state index contributed by atoms with van der Waals surface area (Å²) >= 11 is 4.97. The van der Waals surface area contributed by atoms with Gasteiger partial charge in [0.1, 0.15) is 12.3 Å². The molecule has 0 aromatic heterocycles. The van der Waals surface area contributed by atoms with Crippen molar-refractivity contribution in [3.8, 4) is 11.8 Å². The largest absolute Gasteiger partial charge is 0.506 e. The van der Waals surface area contributed by atoms with Crippen LogP contribution in [0.3, 0.4) is 0 Å². The minimum Gasteiger partial charge on any atom is -0.506 e. The second-order valence-corrected chi connectivity index (χ2v) is 5.28. The number of aromatic hydroxyl groups is 1. The van der Waals surface area contributed by atoms with Gasteiger partial charge in [0.25, 0.3) is 0 Å².